The van der Waals surface area contributed by atoms with Gasteiger partial charge in [0.2, 0.25) is 0 Å². The maximum absolute atomic E-state index is 5.99. The Morgan fingerprint density at radius 1 is 1.31 bits per heavy atom. The fourth-order valence-corrected chi connectivity index (χ4v) is 2.61. The van der Waals surface area contributed by atoms with E-state index in [1.54, 1.807) is 11.8 Å². The summed E-state index contributed by atoms with van der Waals surface area (Å²) in [5.74, 6) is 0. The van der Waals surface area contributed by atoms with Gasteiger partial charge < -0.3 is 5.73 Å². The van der Waals surface area contributed by atoms with Crippen LogP contribution in [0.1, 0.15) is 11.3 Å². The minimum Gasteiger partial charge on any atom is -0.395 e. The summed E-state index contributed by atoms with van der Waals surface area (Å²) in [5.41, 5.74) is 8.90. The van der Waals surface area contributed by atoms with Crippen LogP contribution in [0.5, 0.6) is 0 Å². The van der Waals surface area contributed by atoms with Gasteiger partial charge in [0.05, 0.1) is 11.4 Å². The summed E-state index contributed by atoms with van der Waals surface area (Å²) in [7, 11) is 1.92. The molecule has 1 heterocycles. The van der Waals surface area contributed by atoms with Gasteiger partial charge in [0.25, 0.3) is 0 Å². The van der Waals surface area contributed by atoms with Crippen LogP contribution in [0, 0.1) is 13.8 Å². The molecular weight excluding hydrogens is 218 g/mol. The summed E-state index contributed by atoms with van der Waals surface area (Å²) in [6, 6.07) is 8.37. The number of aromatic nitrogens is 2. The molecular formula is C12H15N3S. The Morgan fingerprint density at radius 2 is 2.06 bits per heavy atom. The first kappa shape index (κ1) is 11.1. The molecule has 0 saturated heterocycles. The van der Waals surface area contributed by atoms with E-state index in [4.69, 9.17) is 5.73 Å². The van der Waals surface area contributed by atoms with Crippen LogP contribution >= 0.6 is 11.8 Å². The summed E-state index contributed by atoms with van der Waals surface area (Å²) in [5, 5.41) is 5.30. The number of rotatable bonds is 2. The fourth-order valence-electron chi connectivity index (χ4n) is 1.56. The molecule has 0 saturated carbocycles. The van der Waals surface area contributed by atoms with Crippen molar-refractivity contribution in [1.29, 1.82) is 0 Å². The first-order valence-electron chi connectivity index (χ1n) is 5.11. The van der Waals surface area contributed by atoms with Gasteiger partial charge in [-0.2, -0.15) is 5.10 Å². The number of nitrogens with two attached hydrogens (primary N) is 1. The molecule has 2 N–H and O–H groups in total. The predicted molar refractivity (Wildman–Crippen MR) is 67.7 cm³/mol. The maximum Gasteiger partial charge on any atom is 0.122 e. The second kappa shape index (κ2) is 4.22. The number of benzene rings is 1. The Bertz CT molecular complexity index is 517. The third-order valence-corrected chi connectivity index (χ3v) is 3.59. The highest BCUT2D eigenvalue weighted by Gasteiger charge is 2.11. The van der Waals surface area contributed by atoms with E-state index in [0.717, 1.165) is 16.4 Å². The fraction of sp³-hybridized carbons (Fsp3) is 0.250. The second-order valence-electron chi connectivity index (χ2n) is 3.85. The molecule has 2 rings (SSSR count). The summed E-state index contributed by atoms with van der Waals surface area (Å²) in [6.45, 7) is 4.01. The predicted octanol–water partition coefficient (Wildman–Crippen LogP) is 2.77. The summed E-state index contributed by atoms with van der Waals surface area (Å²) in [4.78, 5) is 1.19. The van der Waals surface area contributed by atoms with Crippen LogP contribution in [0.2, 0.25) is 0 Å². The topological polar surface area (TPSA) is 43.8 Å². The highest BCUT2D eigenvalue weighted by molar-refractivity contribution is 7.99. The van der Waals surface area contributed by atoms with Crippen molar-refractivity contribution in [3.8, 4) is 0 Å². The first-order valence-corrected chi connectivity index (χ1v) is 5.93. The first-order chi connectivity index (χ1) is 7.58. The quantitative estimate of drug-likeness (QED) is 0.867. The lowest BCUT2D eigenvalue weighted by molar-refractivity contribution is 0.693. The third-order valence-electron chi connectivity index (χ3n) is 2.42. The number of hydrogen-bond donors (Lipinski definition) is 1. The van der Waals surface area contributed by atoms with Gasteiger partial charge in [-0.15, -0.1) is 0 Å². The van der Waals surface area contributed by atoms with Crippen LogP contribution in [0.25, 0.3) is 0 Å². The average molecular weight is 233 g/mol. The van der Waals surface area contributed by atoms with Crippen molar-refractivity contribution in [3.63, 3.8) is 0 Å². The molecule has 0 fully saturated rings. The molecule has 3 nitrogen and oxygen atoms in total. The van der Waals surface area contributed by atoms with Crippen molar-refractivity contribution >= 4 is 17.4 Å². The highest BCUT2D eigenvalue weighted by Crippen LogP contribution is 2.33. The molecule has 0 aliphatic heterocycles. The minimum absolute atomic E-state index is 0.772. The molecule has 1 aromatic heterocycles. The zero-order valence-corrected chi connectivity index (χ0v) is 10.5. The lowest BCUT2D eigenvalue weighted by Gasteiger charge is -2.04. The van der Waals surface area contributed by atoms with Crippen molar-refractivity contribution in [2.75, 3.05) is 5.73 Å². The van der Waals surface area contributed by atoms with Crippen LogP contribution in [0.4, 0.5) is 5.69 Å². The van der Waals surface area contributed by atoms with Gasteiger partial charge in [-0.25, -0.2) is 0 Å². The van der Waals surface area contributed by atoms with Gasteiger partial charge >= 0.3 is 0 Å². The lowest BCUT2D eigenvalue weighted by Crippen LogP contribution is -1.93. The van der Waals surface area contributed by atoms with Crippen molar-refractivity contribution in [2.24, 2.45) is 7.05 Å². The SMILES string of the molecule is Cc1cccc(Sc2c(N)c(C)nn2C)c1. The molecule has 0 radical (unpaired) electrons. The number of nitrogen functional groups attached to an aromatic ring is 1. The summed E-state index contributed by atoms with van der Waals surface area (Å²) in [6.07, 6.45) is 0. The monoisotopic (exact) mass is 233 g/mol. The van der Waals surface area contributed by atoms with Gasteiger partial charge in [0.1, 0.15) is 5.03 Å². The van der Waals surface area contributed by atoms with E-state index in [2.05, 4.69) is 36.3 Å². The standard InChI is InChI=1S/C12H15N3S/c1-8-5-4-6-10(7-8)16-12-11(13)9(2)14-15(12)3/h4-7H,13H2,1-3H3. The average Bonchev–Trinajstić information content (AvgIpc) is 2.45. The zero-order valence-electron chi connectivity index (χ0n) is 9.69. The Kier molecular flexibility index (Phi) is 2.92. The van der Waals surface area contributed by atoms with E-state index in [1.807, 2.05) is 18.7 Å². The van der Waals surface area contributed by atoms with Gasteiger partial charge in [-0.1, -0.05) is 29.5 Å². The van der Waals surface area contributed by atoms with Crippen molar-refractivity contribution in [2.45, 2.75) is 23.8 Å². The Balaban J connectivity index is 2.34. The molecule has 0 bridgehead atoms. The van der Waals surface area contributed by atoms with Gasteiger partial charge in [-0.05, 0) is 26.0 Å². The Morgan fingerprint density at radius 3 is 2.62 bits per heavy atom. The van der Waals surface area contributed by atoms with Crippen LogP contribution in [-0.4, -0.2) is 9.78 Å². The van der Waals surface area contributed by atoms with Crippen molar-refractivity contribution in [3.05, 3.63) is 35.5 Å². The van der Waals surface area contributed by atoms with Crippen LogP contribution in [0.15, 0.2) is 34.2 Å². The van der Waals surface area contributed by atoms with Gasteiger partial charge in [0, 0.05) is 11.9 Å². The molecule has 2 aromatic rings. The molecule has 0 spiro atoms. The van der Waals surface area contributed by atoms with E-state index in [0.29, 0.717) is 0 Å². The van der Waals surface area contributed by atoms with E-state index in [-0.39, 0.29) is 0 Å². The van der Waals surface area contributed by atoms with Gasteiger partial charge in [-0.3, -0.25) is 4.68 Å². The van der Waals surface area contributed by atoms with E-state index < -0.39 is 0 Å². The molecule has 4 heteroatoms. The maximum atomic E-state index is 5.99. The molecule has 0 atom stereocenters. The molecule has 0 amide bonds. The van der Waals surface area contributed by atoms with E-state index >= 15 is 0 Å². The van der Waals surface area contributed by atoms with Crippen molar-refractivity contribution in [1.82, 2.24) is 9.78 Å². The van der Waals surface area contributed by atoms with Gasteiger partial charge in [0.15, 0.2) is 0 Å². The molecule has 16 heavy (non-hydrogen) atoms. The smallest absolute Gasteiger partial charge is 0.122 e. The third kappa shape index (κ3) is 2.07. The number of hydrogen-bond acceptors (Lipinski definition) is 3. The van der Waals surface area contributed by atoms with Crippen LogP contribution in [-0.2, 0) is 7.05 Å². The van der Waals surface area contributed by atoms with E-state index in [9.17, 15) is 0 Å². The Hall–Kier alpha value is -1.42. The van der Waals surface area contributed by atoms with E-state index in [1.165, 1.54) is 10.5 Å². The normalized spacial score (nSPS) is 10.7. The zero-order chi connectivity index (χ0) is 11.7. The van der Waals surface area contributed by atoms with Crippen molar-refractivity contribution < 1.29 is 0 Å². The molecule has 84 valence electrons. The lowest BCUT2D eigenvalue weighted by atomic mass is 10.2. The van der Waals surface area contributed by atoms with Crippen LogP contribution in [0.3, 0.4) is 0 Å². The second-order valence-corrected chi connectivity index (χ2v) is 4.91. The number of aryl methyl sites for hydroxylation is 3. The molecule has 1 aromatic carbocycles. The molecule has 0 aliphatic rings. The molecule has 0 aliphatic carbocycles. The summed E-state index contributed by atoms with van der Waals surface area (Å²) < 4.78 is 1.83. The summed E-state index contributed by atoms with van der Waals surface area (Å²) >= 11 is 1.65. The van der Waals surface area contributed by atoms with Crippen LogP contribution < -0.4 is 5.73 Å². The minimum atomic E-state index is 0.772. The largest absolute Gasteiger partial charge is 0.395 e. The Labute approximate surface area is 99.7 Å². The number of nitrogens with zero attached hydrogens (tertiary/aromatic N) is 2. The number of anilines is 1. The highest BCUT2D eigenvalue weighted by atomic mass is 32.2. The molecule has 0 unspecified atom stereocenters.